The van der Waals surface area contributed by atoms with E-state index in [4.69, 9.17) is 9.97 Å². The van der Waals surface area contributed by atoms with Gasteiger partial charge in [0.25, 0.3) is 0 Å². The Balaban J connectivity index is 1.47. The standard InChI is InChI=1S/C43H52N4O/c1-9-32-40(39(48)20-18-16-14-12-10-11-13-15-17-19-27-43(6,7)8)42-31(5)38-26-24-36(46-38)29(3)34-22-21-33(44-34)28(2)35-23-25-37(45-35)30(4)41(32)47-42/h9,12,14,16,18,20-26,44,46,48H,1,10-11,13,15,17,19,27H2,2-8H3. The van der Waals surface area contributed by atoms with E-state index in [9.17, 15) is 5.11 Å². The molecule has 3 N–H and O–H groups in total. The Morgan fingerprint density at radius 3 is 1.94 bits per heavy atom. The highest BCUT2D eigenvalue weighted by molar-refractivity contribution is 6.04. The molecule has 0 amide bonds. The zero-order chi connectivity index (χ0) is 34.4. The van der Waals surface area contributed by atoms with Gasteiger partial charge in [0.05, 0.1) is 28.3 Å². The van der Waals surface area contributed by atoms with Crippen LogP contribution in [0, 0.1) is 33.1 Å². The molecule has 0 radical (unpaired) electrons. The van der Waals surface area contributed by atoms with E-state index in [-0.39, 0.29) is 5.76 Å². The summed E-state index contributed by atoms with van der Waals surface area (Å²) in [6.07, 6.45) is 24.6. The van der Waals surface area contributed by atoms with Crippen LogP contribution in [-0.2, 0) is 0 Å². The second kappa shape index (κ2) is 15.1. The molecule has 0 unspecified atom stereocenters. The number of nitrogens with zero attached hydrogens (tertiary/aromatic N) is 2. The molecule has 0 spiro atoms. The molecule has 0 atom stereocenters. The number of nitrogens with one attached hydrogen (secondary N) is 2. The van der Waals surface area contributed by atoms with E-state index in [1.54, 1.807) is 12.2 Å². The summed E-state index contributed by atoms with van der Waals surface area (Å²) in [7, 11) is 0. The maximum Gasteiger partial charge on any atom is 0.125 e. The van der Waals surface area contributed by atoms with E-state index in [1.165, 1.54) is 38.5 Å². The third-order valence-electron chi connectivity index (χ3n) is 9.46. The molecule has 3 aromatic rings. The number of unbranched alkanes of at least 4 members (excludes halogenated alkanes) is 5. The van der Waals surface area contributed by atoms with Crippen molar-refractivity contribution in [2.45, 2.75) is 93.4 Å². The quantitative estimate of drug-likeness (QED) is 0.0867. The molecule has 5 heteroatoms. The normalized spacial score (nSPS) is 13.9. The molecular formula is C43H52N4O. The van der Waals surface area contributed by atoms with Crippen molar-refractivity contribution in [1.29, 1.82) is 0 Å². The number of hydrogen-bond acceptors (Lipinski definition) is 3. The minimum atomic E-state index is 0.150. The number of fused-ring (bicyclic) bond motifs is 8. The van der Waals surface area contributed by atoms with Gasteiger partial charge in [0.15, 0.2) is 0 Å². The lowest BCUT2D eigenvalue weighted by atomic mass is 9.89. The highest BCUT2D eigenvalue weighted by Gasteiger charge is 2.25. The van der Waals surface area contributed by atoms with E-state index in [0.717, 1.165) is 73.4 Å². The molecule has 5 heterocycles. The number of aryl methyl sites for hydroxylation is 3. The van der Waals surface area contributed by atoms with E-state index in [0.29, 0.717) is 16.7 Å². The predicted octanol–water partition coefficient (Wildman–Crippen LogP) is 12.1. The van der Waals surface area contributed by atoms with E-state index >= 15 is 0 Å². The van der Waals surface area contributed by atoms with Gasteiger partial charge >= 0.3 is 0 Å². The fourth-order valence-corrected chi connectivity index (χ4v) is 6.38. The highest BCUT2D eigenvalue weighted by atomic mass is 16.3. The Bertz CT molecular complexity index is 2000. The fraction of sp³-hybridized carbons (Fsp3) is 0.349. The molecule has 5 rings (SSSR count). The SMILES string of the molecule is C=CC1=C(C(O)=CC=CC=CCCCCCCCC(C)(C)C)c2nc1c(C)c1nc(c(C)c3ccc([nH]3)c(C)c3ccc([nH]3)c2C)C=C1. The van der Waals surface area contributed by atoms with E-state index in [1.807, 2.05) is 32.1 Å². The van der Waals surface area contributed by atoms with Gasteiger partial charge in [0.2, 0.25) is 0 Å². The van der Waals surface area contributed by atoms with Crippen LogP contribution < -0.4 is 0 Å². The Morgan fingerprint density at radius 1 is 0.708 bits per heavy atom. The van der Waals surface area contributed by atoms with Gasteiger partial charge < -0.3 is 15.1 Å². The van der Waals surface area contributed by atoms with Crippen molar-refractivity contribution in [2.24, 2.45) is 5.41 Å². The minimum Gasteiger partial charge on any atom is -0.507 e. The molecule has 5 nitrogen and oxygen atoms in total. The molecular weight excluding hydrogens is 589 g/mol. The number of H-pyrrole nitrogens is 2. The molecule has 0 saturated carbocycles. The van der Waals surface area contributed by atoms with Crippen LogP contribution in [0.2, 0.25) is 0 Å². The Kier molecular flexibility index (Phi) is 10.9. The molecule has 0 fully saturated rings. The third kappa shape index (κ3) is 7.90. The molecule has 2 aliphatic heterocycles. The lowest BCUT2D eigenvalue weighted by Gasteiger charge is -2.17. The van der Waals surface area contributed by atoms with Gasteiger partial charge in [0.1, 0.15) is 5.76 Å². The summed E-state index contributed by atoms with van der Waals surface area (Å²) in [6, 6.07) is 8.41. The molecule has 48 heavy (non-hydrogen) atoms. The Morgan fingerprint density at radius 2 is 1.29 bits per heavy atom. The molecule has 0 aromatic carbocycles. The first-order valence-corrected chi connectivity index (χ1v) is 17.4. The van der Waals surface area contributed by atoms with Crippen molar-refractivity contribution in [3.05, 3.63) is 118 Å². The third-order valence-corrected chi connectivity index (χ3v) is 9.46. The van der Waals surface area contributed by atoms with Crippen LogP contribution in [0.3, 0.4) is 0 Å². The van der Waals surface area contributed by atoms with Crippen LogP contribution in [0.25, 0.3) is 45.4 Å². The smallest absolute Gasteiger partial charge is 0.125 e. The van der Waals surface area contributed by atoms with Gasteiger partial charge in [0, 0.05) is 33.2 Å². The minimum absolute atomic E-state index is 0.150. The van der Waals surface area contributed by atoms with Crippen molar-refractivity contribution < 1.29 is 5.11 Å². The average molecular weight is 641 g/mol. The maximum atomic E-state index is 11.6. The van der Waals surface area contributed by atoms with Crippen LogP contribution in [0.1, 0.15) is 111 Å². The molecule has 250 valence electrons. The summed E-state index contributed by atoms with van der Waals surface area (Å²) in [6.45, 7) is 19.4. The number of aliphatic hydroxyl groups is 1. The van der Waals surface area contributed by atoms with Crippen molar-refractivity contribution >= 4 is 45.4 Å². The molecule has 0 saturated heterocycles. The van der Waals surface area contributed by atoms with Crippen molar-refractivity contribution in [3.8, 4) is 0 Å². The second-order valence-electron chi connectivity index (χ2n) is 14.3. The monoisotopic (exact) mass is 640 g/mol. The first-order valence-electron chi connectivity index (χ1n) is 17.4. The number of aromatic nitrogens is 4. The zero-order valence-corrected chi connectivity index (χ0v) is 29.9. The van der Waals surface area contributed by atoms with Gasteiger partial charge in [-0.25, -0.2) is 9.97 Å². The lowest BCUT2D eigenvalue weighted by molar-refractivity contribution is 0.356. The van der Waals surface area contributed by atoms with Crippen LogP contribution >= 0.6 is 0 Å². The second-order valence-corrected chi connectivity index (χ2v) is 14.3. The lowest BCUT2D eigenvalue weighted by Crippen LogP contribution is -2.03. The summed E-state index contributed by atoms with van der Waals surface area (Å²) in [5.41, 5.74) is 13.3. The number of hydrogen-bond donors (Lipinski definition) is 3. The van der Waals surface area contributed by atoms with Gasteiger partial charge in [-0.2, -0.15) is 0 Å². The number of rotatable bonds is 11. The topological polar surface area (TPSA) is 77.6 Å². The predicted molar refractivity (Wildman–Crippen MR) is 207 cm³/mol. The van der Waals surface area contributed by atoms with Crippen molar-refractivity contribution in [1.82, 2.24) is 19.9 Å². The zero-order valence-electron chi connectivity index (χ0n) is 29.9. The summed E-state index contributed by atoms with van der Waals surface area (Å²) in [4.78, 5) is 17.4. The highest BCUT2D eigenvalue weighted by Crippen LogP contribution is 2.39. The Labute approximate surface area is 286 Å². The largest absolute Gasteiger partial charge is 0.507 e. The molecule has 8 bridgehead atoms. The van der Waals surface area contributed by atoms with Crippen molar-refractivity contribution in [2.75, 3.05) is 0 Å². The fourth-order valence-electron chi connectivity index (χ4n) is 6.38. The summed E-state index contributed by atoms with van der Waals surface area (Å²) in [5, 5.41) is 11.6. The van der Waals surface area contributed by atoms with E-state index < -0.39 is 0 Å². The summed E-state index contributed by atoms with van der Waals surface area (Å²) >= 11 is 0. The molecule has 2 aliphatic rings. The number of aliphatic hydroxyl groups excluding tert-OH is 1. The Hall–Kier alpha value is -4.64. The summed E-state index contributed by atoms with van der Waals surface area (Å²) in [5.74, 6) is 0.150. The van der Waals surface area contributed by atoms with Gasteiger partial charge in [-0.15, -0.1) is 0 Å². The number of allylic oxidation sites excluding steroid dienone is 8. The van der Waals surface area contributed by atoms with Gasteiger partial charge in [-0.3, -0.25) is 0 Å². The van der Waals surface area contributed by atoms with Crippen LogP contribution in [0.15, 0.2) is 73.1 Å². The molecule has 3 aromatic heterocycles. The average Bonchev–Trinajstić information content (AvgIpc) is 3.88. The van der Waals surface area contributed by atoms with Gasteiger partial charge in [-0.05, 0) is 112 Å². The van der Waals surface area contributed by atoms with Crippen LogP contribution in [-0.4, -0.2) is 25.0 Å². The first kappa shape index (κ1) is 34.7. The maximum absolute atomic E-state index is 11.6. The summed E-state index contributed by atoms with van der Waals surface area (Å²) < 4.78 is 0. The first-order chi connectivity index (χ1) is 23.0. The number of aromatic amines is 2. The van der Waals surface area contributed by atoms with Crippen molar-refractivity contribution in [3.63, 3.8) is 0 Å². The van der Waals surface area contributed by atoms with Crippen LogP contribution in [0.5, 0.6) is 0 Å². The van der Waals surface area contributed by atoms with Crippen LogP contribution in [0.4, 0.5) is 0 Å². The molecule has 0 aliphatic carbocycles. The van der Waals surface area contributed by atoms with E-state index in [2.05, 4.69) is 93.7 Å². The van der Waals surface area contributed by atoms with Gasteiger partial charge in [-0.1, -0.05) is 83.4 Å².